The van der Waals surface area contributed by atoms with Gasteiger partial charge < -0.3 is 4.98 Å². The number of rotatable bonds is 2. The number of hydrogen-bond donors (Lipinski definition) is 0. The van der Waals surface area contributed by atoms with Crippen LogP contribution in [0.4, 0.5) is 5.69 Å². The molecule has 0 aliphatic rings. The van der Waals surface area contributed by atoms with Gasteiger partial charge in [-0.3, -0.25) is 4.99 Å². The van der Waals surface area contributed by atoms with Gasteiger partial charge in [0.2, 0.25) is 0 Å². The van der Waals surface area contributed by atoms with Crippen molar-refractivity contribution in [1.82, 2.24) is 4.98 Å². The summed E-state index contributed by atoms with van der Waals surface area (Å²) in [6.07, 6.45) is 1.80. The fourth-order valence-electron chi connectivity index (χ4n) is 1.76. The van der Waals surface area contributed by atoms with Crippen molar-refractivity contribution >= 4 is 41.4 Å². The summed E-state index contributed by atoms with van der Waals surface area (Å²) in [7, 11) is 9.78. The summed E-state index contributed by atoms with van der Waals surface area (Å²) >= 11 is -0.556. The first-order valence-electron chi connectivity index (χ1n) is 5.91. The zero-order valence-electron chi connectivity index (χ0n) is 10.5. The second-order valence-electron chi connectivity index (χ2n) is 3.90. The fourth-order valence-corrected chi connectivity index (χ4v) is 1.76. The normalized spacial score (nSPS) is 10.3. The predicted octanol–water partition coefficient (Wildman–Crippen LogP) is 4.92. The van der Waals surface area contributed by atoms with Crippen LogP contribution in [0.25, 0.3) is 10.9 Å². The second kappa shape index (κ2) is 8.28. The first kappa shape index (κ1) is 15.3. The summed E-state index contributed by atoms with van der Waals surface area (Å²) in [6, 6.07) is 20.0. The van der Waals surface area contributed by atoms with Crippen molar-refractivity contribution in [1.29, 1.82) is 0 Å². The van der Waals surface area contributed by atoms with Crippen molar-refractivity contribution in [3.05, 3.63) is 66.4 Å². The Kier molecular flexibility index (Phi) is 6.35. The zero-order chi connectivity index (χ0) is 14.2. The molecule has 1 heterocycles. The van der Waals surface area contributed by atoms with Gasteiger partial charge in [0.05, 0.1) is 5.69 Å². The average molecular weight is 338 g/mol. The molecule has 3 rings (SSSR count). The maximum atomic E-state index is 4.89. The van der Waals surface area contributed by atoms with Crippen molar-refractivity contribution in [2.75, 3.05) is 0 Å². The third kappa shape index (κ3) is 4.50. The summed E-state index contributed by atoms with van der Waals surface area (Å²) in [5.74, 6) is 0. The molecular weight excluding hydrogens is 327 g/mol. The molecule has 0 bridgehead atoms. The van der Waals surface area contributed by atoms with E-state index in [9.17, 15) is 0 Å². The topological polar surface area (TPSA) is 26.5 Å². The predicted molar refractivity (Wildman–Crippen MR) is 82.7 cm³/mol. The SMILES string of the molecule is C(=Nc1ccccc1)c1cc2ccccc2[n-]1.[Cl][Ti][Cl]. The standard InChI is InChI=1S/C15H11N2.2ClH.Ti/c1-2-7-13(8-3-1)16-11-14-10-12-6-4-5-9-15(12)17-14;;;/h1-11H;2*1H;/q-1;;;+2/p-2. The number of halogens is 2. The van der Waals surface area contributed by atoms with Gasteiger partial charge in [-0.25, -0.2) is 0 Å². The Morgan fingerprint density at radius 3 is 2.30 bits per heavy atom. The molecule has 0 spiro atoms. The number of benzene rings is 2. The average Bonchev–Trinajstić information content (AvgIpc) is 2.90. The van der Waals surface area contributed by atoms with E-state index in [1.807, 2.05) is 54.6 Å². The molecule has 0 radical (unpaired) electrons. The molecule has 5 heteroatoms. The van der Waals surface area contributed by atoms with E-state index in [4.69, 9.17) is 18.6 Å². The van der Waals surface area contributed by atoms with Crippen molar-refractivity contribution in [3.63, 3.8) is 0 Å². The van der Waals surface area contributed by atoms with E-state index < -0.39 is 17.0 Å². The molecule has 0 aliphatic carbocycles. The number of hydrogen-bond acceptors (Lipinski definition) is 1. The molecule has 2 nitrogen and oxygen atoms in total. The van der Waals surface area contributed by atoms with Gasteiger partial charge >= 0.3 is 35.6 Å². The molecule has 0 fully saturated rings. The Bertz CT molecular complexity index is 647. The van der Waals surface area contributed by atoms with Crippen molar-refractivity contribution < 1.29 is 17.0 Å². The molecule has 0 N–H and O–H groups in total. The van der Waals surface area contributed by atoms with E-state index in [2.05, 4.69) is 16.0 Å². The van der Waals surface area contributed by atoms with Gasteiger partial charge in [0.25, 0.3) is 0 Å². The molecule has 0 aliphatic heterocycles. The molecule has 0 amide bonds. The second-order valence-corrected chi connectivity index (χ2v) is 6.48. The number of para-hydroxylation sites is 2. The molecule has 0 unspecified atom stereocenters. The van der Waals surface area contributed by atoms with Crippen LogP contribution in [0.5, 0.6) is 0 Å². The van der Waals surface area contributed by atoms with E-state index in [-0.39, 0.29) is 0 Å². The quantitative estimate of drug-likeness (QED) is 0.481. The number of nitrogens with zero attached hydrogens (tertiary/aromatic N) is 2. The van der Waals surface area contributed by atoms with Crippen molar-refractivity contribution in [2.45, 2.75) is 0 Å². The van der Waals surface area contributed by atoms with Crippen LogP contribution in [0.3, 0.4) is 0 Å². The number of aliphatic imine (C=N–C) groups is 1. The van der Waals surface area contributed by atoms with E-state index in [1.54, 1.807) is 6.21 Å². The van der Waals surface area contributed by atoms with Gasteiger partial charge in [0, 0.05) is 6.21 Å². The summed E-state index contributed by atoms with van der Waals surface area (Å²) in [5, 5.41) is 1.15. The first-order valence-corrected chi connectivity index (χ1v) is 10.2. The summed E-state index contributed by atoms with van der Waals surface area (Å²) in [5.41, 5.74) is 2.86. The molecule has 3 aromatic rings. The van der Waals surface area contributed by atoms with Gasteiger partial charge in [0.1, 0.15) is 0 Å². The molecule has 0 saturated carbocycles. The summed E-state index contributed by atoms with van der Waals surface area (Å²) < 4.78 is 0. The van der Waals surface area contributed by atoms with E-state index in [0.717, 1.165) is 22.3 Å². The molecule has 2 aromatic carbocycles. The molecule has 100 valence electrons. The van der Waals surface area contributed by atoms with Crippen LogP contribution in [-0.4, -0.2) is 6.21 Å². The Morgan fingerprint density at radius 2 is 1.60 bits per heavy atom. The van der Waals surface area contributed by atoms with Gasteiger partial charge in [-0.15, -0.1) is 11.2 Å². The van der Waals surface area contributed by atoms with Gasteiger partial charge in [-0.2, -0.15) is 0 Å². The van der Waals surface area contributed by atoms with Gasteiger partial charge in [-0.1, -0.05) is 48.5 Å². The Labute approximate surface area is 134 Å². The van der Waals surface area contributed by atoms with Crippen LogP contribution in [-0.2, 0) is 17.0 Å². The third-order valence-corrected chi connectivity index (χ3v) is 2.59. The minimum absolute atomic E-state index is 0.556. The van der Waals surface area contributed by atoms with E-state index >= 15 is 0 Å². The number of fused-ring (bicyclic) bond motifs is 1. The maximum absolute atomic E-state index is 4.89. The van der Waals surface area contributed by atoms with Crippen molar-refractivity contribution in [3.8, 4) is 0 Å². The van der Waals surface area contributed by atoms with Crippen LogP contribution in [0.1, 0.15) is 5.69 Å². The number of aromatic nitrogens is 1. The zero-order valence-corrected chi connectivity index (χ0v) is 13.6. The Morgan fingerprint density at radius 1 is 0.950 bits per heavy atom. The summed E-state index contributed by atoms with van der Waals surface area (Å²) in [6.45, 7) is 0. The minimum atomic E-state index is -0.556. The monoisotopic (exact) mass is 337 g/mol. The van der Waals surface area contributed by atoms with Gasteiger partial charge in [0.15, 0.2) is 0 Å². The van der Waals surface area contributed by atoms with Crippen LogP contribution < -0.4 is 4.98 Å². The molecular formula is C15H11Cl2N2Ti-. The van der Waals surface area contributed by atoms with Gasteiger partial charge in [-0.05, 0) is 17.5 Å². The van der Waals surface area contributed by atoms with Crippen LogP contribution >= 0.6 is 18.6 Å². The Balaban J connectivity index is 0.000000452. The molecule has 20 heavy (non-hydrogen) atoms. The van der Waals surface area contributed by atoms with E-state index in [1.165, 1.54) is 0 Å². The van der Waals surface area contributed by atoms with Crippen LogP contribution in [0, 0.1) is 0 Å². The van der Waals surface area contributed by atoms with E-state index in [0.29, 0.717) is 0 Å². The third-order valence-electron chi connectivity index (χ3n) is 2.59. The fraction of sp³-hybridized carbons (Fsp3) is 0. The molecule has 0 atom stereocenters. The molecule has 0 saturated heterocycles. The van der Waals surface area contributed by atoms with Crippen LogP contribution in [0.2, 0.25) is 0 Å². The Hall–Kier alpha value is -1.06. The van der Waals surface area contributed by atoms with Crippen LogP contribution in [0.15, 0.2) is 65.7 Å². The van der Waals surface area contributed by atoms with Crippen molar-refractivity contribution in [2.24, 2.45) is 4.99 Å². The summed E-state index contributed by atoms with van der Waals surface area (Å²) in [4.78, 5) is 8.86. The molecule has 1 aromatic heterocycles. The first-order chi connectivity index (χ1) is 9.83.